The van der Waals surface area contributed by atoms with E-state index in [-0.39, 0.29) is 0 Å². The fraction of sp³-hybridized carbons (Fsp3) is 0.600. The largest absolute Gasteiger partial charge is 0.388 e. The van der Waals surface area contributed by atoms with E-state index in [0.717, 1.165) is 28.8 Å². The minimum atomic E-state index is -0.427. The molecule has 0 spiro atoms. The van der Waals surface area contributed by atoms with E-state index >= 15 is 0 Å². The molecule has 100 valence electrons. The van der Waals surface area contributed by atoms with Crippen LogP contribution in [-0.4, -0.2) is 5.11 Å². The molecule has 1 aromatic carbocycles. The second kappa shape index (κ2) is 6.40. The maximum Gasteiger partial charge on any atom is 0.0833 e. The molecule has 3 atom stereocenters. The fourth-order valence-electron chi connectivity index (χ4n) is 2.99. The Labute approximate surface area is 123 Å². The van der Waals surface area contributed by atoms with Gasteiger partial charge in [0.05, 0.1) is 6.10 Å². The van der Waals surface area contributed by atoms with Crippen LogP contribution >= 0.6 is 27.5 Å². The lowest BCUT2D eigenvalue weighted by atomic mass is 9.76. The molecule has 1 saturated carbocycles. The number of hydrogen-bond acceptors (Lipinski definition) is 1. The summed E-state index contributed by atoms with van der Waals surface area (Å²) in [6.07, 6.45) is 5.57. The SMILES string of the molecule is CCC1CCCC(C(O)c2cc(Br)ccc2Cl)C1. The van der Waals surface area contributed by atoms with E-state index in [9.17, 15) is 5.11 Å². The Bertz CT molecular complexity index is 407. The van der Waals surface area contributed by atoms with Crippen molar-refractivity contribution in [3.63, 3.8) is 0 Å². The first-order valence-corrected chi connectivity index (χ1v) is 7.92. The van der Waals surface area contributed by atoms with E-state index in [2.05, 4.69) is 22.9 Å². The molecule has 1 nitrogen and oxygen atoms in total. The van der Waals surface area contributed by atoms with Crippen LogP contribution in [0.4, 0.5) is 0 Å². The van der Waals surface area contributed by atoms with E-state index in [1.165, 1.54) is 19.3 Å². The first-order valence-electron chi connectivity index (χ1n) is 6.74. The van der Waals surface area contributed by atoms with Crippen molar-refractivity contribution in [2.24, 2.45) is 11.8 Å². The van der Waals surface area contributed by atoms with E-state index < -0.39 is 6.10 Å². The molecule has 1 N–H and O–H groups in total. The van der Waals surface area contributed by atoms with Gasteiger partial charge in [0.2, 0.25) is 0 Å². The van der Waals surface area contributed by atoms with E-state index in [4.69, 9.17) is 11.6 Å². The lowest BCUT2D eigenvalue weighted by Crippen LogP contribution is -2.21. The predicted octanol–water partition coefficient (Wildman–Crippen LogP) is 5.35. The Morgan fingerprint density at radius 3 is 2.94 bits per heavy atom. The lowest BCUT2D eigenvalue weighted by molar-refractivity contribution is 0.0678. The summed E-state index contributed by atoms with van der Waals surface area (Å²) in [5.74, 6) is 1.12. The van der Waals surface area contributed by atoms with Crippen LogP contribution in [0.2, 0.25) is 5.02 Å². The van der Waals surface area contributed by atoms with E-state index in [0.29, 0.717) is 10.9 Å². The van der Waals surface area contributed by atoms with Crippen LogP contribution in [-0.2, 0) is 0 Å². The van der Waals surface area contributed by atoms with Crippen molar-refractivity contribution < 1.29 is 5.11 Å². The molecule has 3 heteroatoms. The highest BCUT2D eigenvalue weighted by molar-refractivity contribution is 9.10. The summed E-state index contributed by atoms with van der Waals surface area (Å²) in [6, 6.07) is 5.71. The van der Waals surface area contributed by atoms with Gasteiger partial charge in [-0.3, -0.25) is 0 Å². The highest BCUT2D eigenvalue weighted by Gasteiger charge is 2.28. The summed E-state index contributed by atoms with van der Waals surface area (Å²) < 4.78 is 0.976. The molecule has 2 rings (SSSR count). The van der Waals surface area contributed by atoms with Gasteiger partial charge in [0.25, 0.3) is 0 Å². The standard InChI is InChI=1S/C15H20BrClO/c1-2-10-4-3-5-11(8-10)15(18)13-9-12(16)6-7-14(13)17/h6-7,9-11,15,18H,2-5,8H2,1H3. The second-order valence-corrected chi connectivity index (χ2v) is 6.63. The summed E-state index contributed by atoms with van der Waals surface area (Å²) in [7, 11) is 0. The summed E-state index contributed by atoms with van der Waals surface area (Å²) in [5, 5.41) is 11.2. The molecule has 18 heavy (non-hydrogen) atoms. The van der Waals surface area contributed by atoms with Crippen LogP contribution in [0.25, 0.3) is 0 Å². The maximum atomic E-state index is 10.6. The predicted molar refractivity (Wildman–Crippen MR) is 79.9 cm³/mol. The number of aliphatic hydroxyl groups excluding tert-OH is 1. The smallest absolute Gasteiger partial charge is 0.0833 e. The summed E-state index contributed by atoms with van der Waals surface area (Å²) in [6.45, 7) is 2.24. The molecule has 3 unspecified atom stereocenters. The van der Waals surface area contributed by atoms with Crippen LogP contribution in [0.1, 0.15) is 50.7 Å². The number of hydrogen-bond donors (Lipinski definition) is 1. The third-order valence-corrected chi connectivity index (χ3v) is 4.96. The van der Waals surface area contributed by atoms with Gasteiger partial charge in [-0.25, -0.2) is 0 Å². The van der Waals surface area contributed by atoms with Gasteiger partial charge in [-0.2, -0.15) is 0 Å². The minimum Gasteiger partial charge on any atom is -0.388 e. The summed E-state index contributed by atoms with van der Waals surface area (Å²) in [5.41, 5.74) is 0.868. The minimum absolute atomic E-state index is 0.357. The van der Waals surface area contributed by atoms with Crippen molar-refractivity contribution >= 4 is 27.5 Å². The molecule has 0 aliphatic heterocycles. The number of aliphatic hydroxyl groups is 1. The zero-order valence-corrected chi connectivity index (χ0v) is 13.0. The van der Waals surface area contributed by atoms with E-state index in [1.54, 1.807) is 0 Å². The molecule has 0 bridgehead atoms. The molecule has 0 saturated heterocycles. The third-order valence-electron chi connectivity index (χ3n) is 4.12. The van der Waals surface area contributed by atoms with Crippen molar-refractivity contribution in [3.8, 4) is 0 Å². The molecular weight excluding hydrogens is 312 g/mol. The Balaban J connectivity index is 2.14. The molecule has 0 heterocycles. The Hall–Kier alpha value is -0.0500. The molecular formula is C15H20BrClO. The van der Waals surface area contributed by atoms with Gasteiger partial charge in [0, 0.05) is 15.1 Å². The molecule has 1 fully saturated rings. The van der Waals surface area contributed by atoms with Gasteiger partial charge in [-0.15, -0.1) is 0 Å². The Kier molecular flexibility index (Phi) is 5.11. The highest BCUT2D eigenvalue weighted by atomic mass is 79.9. The molecule has 1 aliphatic rings. The van der Waals surface area contributed by atoms with Gasteiger partial charge < -0.3 is 5.11 Å². The van der Waals surface area contributed by atoms with Crippen molar-refractivity contribution in [2.75, 3.05) is 0 Å². The van der Waals surface area contributed by atoms with Crippen molar-refractivity contribution in [2.45, 2.75) is 45.1 Å². The molecule has 0 radical (unpaired) electrons. The van der Waals surface area contributed by atoms with Crippen molar-refractivity contribution in [1.29, 1.82) is 0 Å². The maximum absolute atomic E-state index is 10.6. The quantitative estimate of drug-likeness (QED) is 0.791. The molecule has 1 aromatic rings. The number of halogens is 2. The lowest BCUT2D eigenvalue weighted by Gasteiger charge is -2.32. The first kappa shape index (κ1) is 14.4. The van der Waals surface area contributed by atoms with Gasteiger partial charge in [-0.1, -0.05) is 53.7 Å². The zero-order valence-electron chi connectivity index (χ0n) is 10.7. The van der Waals surface area contributed by atoms with Gasteiger partial charge in [-0.05, 0) is 42.9 Å². The van der Waals surface area contributed by atoms with Crippen LogP contribution in [0, 0.1) is 11.8 Å². The van der Waals surface area contributed by atoms with Gasteiger partial charge in [0.1, 0.15) is 0 Å². The van der Waals surface area contributed by atoms with Crippen LogP contribution < -0.4 is 0 Å². The topological polar surface area (TPSA) is 20.2 Å². The van der Waals surface area contributed by atoms with Crippen LogP contribution in [0.5, 0.6) is 0 Å². The molecule has 1 aliphatic carbocycles. The average Bonchev–Trinajstić information content (AvgIpc) is 2.41. The monoisotopic (exact) mass is 330 g/mol. The van der Waals surface area contributed by atoms with Gasteiger partial charge in [0.15, 0.2) is 0 Å². The molecule has 0 aromatic heterocycles. The van der Waals surface area contributed by atoms with Crippen molar-refractivity contribution in [3.05, 3.63) is 33.3 Å². The first-order chi connectivity index (χ1) is 8.61. The van der Waals surface area contributed by atoms with Crippen LogP contribution in [0.3, 0.4) is 0 Å². The van der Waals surface area contributed by atoms with Gasteiger partial charge >= 0.3 is 0 Å². The number of benzene rings is 1. The summed E-state index contributed by atoms with van der Waals surface area (Å²) >= 11 is 9.64. The van der Waals surface area contributed by atoms with Crippen molar-refractivity contribution in [1.82, 2.24) is 0 Å². The Morgan fingerprint density at radius 1 is 1.44 bits per heavy atom. The van der Waals surface area contributed by atoms with Crippen LogP contribution in [0.15, 0.2) is 22.7 Å². The third kappa shape index (κ3) is 3.28. The summed E-state index contributed by atoms with van der Waals surface area (Å²) in [4.78, 5) is 0. The Morgan fingerprint density at radius 2 is 2.22 bits per heavy atom. The number of rotatable bonds is 3. The second-order valence-electron chi connectivity index (χ2n) is 5.31. The normalized spacial score (nSPS) is 26.0. The fourth-order valence-corrected chi connectivity index (χ4v) is 3.59. The molecule has 0 amide bonds. The van der Waals surface area contributed by atoms with E-state index in [1.807, 2.05) is 18.2 Å². The highest BCUT2D eigenvalue weighted by Crippen LogP contribution is 2.40. The zero-order chi connectivity index (χ0) is 13.1. The average molecular weight is 332 g/mol.